The second-order valence-corrected chi connectivity index (χ2v) is 9.71. The molecule has 0 saturated heterocycles. The molecule has 3 rings (SSSR count). The van der Waals surface area contributed by atoms with Crippen LogP contribution in [-0.4, -0.2) is 30.5 Å². The lowest BCUT2D eigenvalue weighted by Crippen LogP contribution is -2.31. The van der Waals surface area contributed by atoms with Crippen molar-refractivity contribution in [2.24, 2.45) is 11.7 Å². The van der Waals surface area contributed by atoms with Gasteiger partial charge in [-0.05, 0) is 78.5 Å². The Hall–Kier alpha value is -2.74. The Morgan fingerprint density at radius 1 is 1.15 bits per heavy atom. The fourth-order valence-electron chi connectivity index (χ4n) is 4.15. The van der Waals surface area contributed by atoms with Gasteiger partial charge >= 0.3 is 6.09 Å². The number of rotatable bonds is 8. The van der Waals surface area contributed by atoms with Gasteiger partial charge in [0.15, 0.2) is 0 Å². The molecule has 0 spiro atoms. The summed E-state index contributed by atoms with van der Waals surface area (Å²) in [6.45, 7) is 2.85. The average molecular weight is 547 g/mol. The summed E-state index contributed by atoms with van der Waals surface area (Å²) in [6.07, 6.45) is -0.315. The smallest absolute Gasteiger partial charge is 0.391 e. The highest BCUT2D eigenvalue weighted by atomic mass is 79.9. The number of amides is 1. The molecule has 0 aromatic heterocycles. The van der Waals surface area contributed by atoms with E-state index in [-0.39, 0.29) is 23.7 Å². The van der Waals surface area contributed by atoms with Gasteiger partial charge in [-0.3, -0.25) is 10.3 Å². The largest absolute Gasteiger partial charge is 0.411 e. The second-order valence-electron chi connectivity index (χ2n) is 8.36. The first-order chi connectivity index (χ1) is 16.1. The van der Waals surface area contributed by atoms with Crippen molar-refractivity contribution in [3.63, 3.8) is 0 Å². The highest BCUT2D eigenvalue weighted by molar-refractivity contribution is 9.10. The van der Waals surface area contributed by atoms with Gasteiger partial charge in [0.05, 0.1) is 6.04 Å². The zero-order chi connectivity index (χ0) is 24.8. The SMILES string of the molecule is CC(Cc1cc(F)cc(Br)c1)CN(C)C(c1ccc(Cl)cc1)c1cccc(C(=N)OC(N)=O)c1. The third-order valence-electron chi connectivity index (χ3n) is 5.40. The van der Waals surface area contributed by atoms with Crippen LogP contribution in [-0.2, 0) is 11.2 Å². The monoisotopic (exact) mass is 545 g/mol. The lowest BCUT2D eigenvalue weighted by atomic mass is 9.94. The van der Waals surface area contributed by atoms with Gasteiger partial charge in [-0.15, -0.1) is 0 Å². The summed E-state index contributed by atoms with van der Waals surface area (Å²) in [7, 11) is 2.02. The molecule has 3 N–H and O–H groups in total. The van der Waals surface area contributed by atoms with E-state index in [0.717, 1.165) is 27.7 Å². The Balaban J connectivity index is 1.88. The lowest BCUT2D eigenvalue weighted by Gasteiger charge is -2.31. The van der Waals surface area contributed by atoms with E-state index >= 15 is 0 Å². The molecule has 0 fully saturated rings. The van der Waals surface area contributed by atoms with E-state index in [0.29, 0.717) is 17.0 Å². The molecule has 2 atom stereocenters. The van der Waals surface area contributed by atoms with E-state index in [9.17, 15) is 9.18 Å². The van der Waals surface area contributed by atoms with Crippen molar-refractivity contribution in [2.45, 2.75) is 19.4 Å². The van der Waals surface area contributed by atoms with Crippen LogP contribution in [0.3, 0.4) is 0 Å². The van der Waals surface area contributed by atoms with Crippen molar-refractivity contribution in [1.29, 1.82) is 5.41 Å². The number of hydrogen-bond acceptors (Lipinski definition) is 4. The maximum Gasteiger partial charge on any atom is 0.411 e. The number of nitrogens with two attached hydrogens (primary N) is 1. The van der Waals surface area contributed by atoms with E-state index in [1.165, 1.54) is 6.07 Å². The number of primary amides is 1. The van der Waals surface area contributed by atoms with Gasteiger partial charge in [-0.2, -0.15) is 0 Å². The molecule has 0 saturated carbocycles. The minimum absolute atomic E-state index is 0.153. The summed E-state index contributed by atoms with van der Waals surface area (Å²) in [4.78, 5) is 13.3. The van der Waals surface area contributed by atoms with E-state index in [4.69, 9.17) is 27.5 Å². The van der Waals surface area contributed by atoms with Crippen LogP contribution in [0.5, 0.6) is 0 Å². The highest BCUT2D eigenvalue weighted by Crippen LogP contribution is 2.30. The van der Waals surface area contributed by atoms with Crippen LogP contribution in [0.25, 0.3) is 0 Å². The first-order valence-electron chi connectivity index (χ1n) is 10.7. The number of nitrogens with zero attached hydrogens (tertiary/aromatic N) is 1. The molecule has 0 heterocycles. The third kappa shape index (κ3) is 7.13. The van der Waals surface area contributed by atoms with Crippen molar-refractivity contribution >= 4 is 39.5 Å². The van der Waals surface area contributed by atoms with E-state index in [1.54, 1.807) is 12.1 Å². The molecule has 0 aliphatic rings. The van der Waals surface area contributed by atoms with Gasteiger partial charge in [-0.1, -0.05) is 58.7 Å². The molecule has 3 aromatic carbocycles. The van der Waals surface area contributed by atoms with Gasteiger partial charge in [-0.25, -0.2) is 9.18 Å². The molecular weight excluding hydrogens is 521 g/mol. The fourth-order valence-corrected chi connectivity index (χ4v) is 4.79. The maximum absolute atomic E-state index is 13.8. The molecule has 0 aliphatic heterocycles. The average Bonchev–Trinajstić information content (AvgIpc) is 2.74. The van der Waals surface area contributed by atoms with Crippen molar-refractivity contribution in [2.75, 3.05) is 13.6 Å². The Labute approximate surface area is 212 Å². The minimum atomic E-state index is -1.03. The van der Waals surface area contributed by atoms with Crippen LogP contribution >= 0.6 is 27.5 Å². The van der Waals surface area contributed by atoms with E-state index in [2.05, 4.69) is 27.8 Å². The van der Waals surface area contributed by atoms with Crippen molar-refractivity contribution in [3.05, 3.63) is 104 Å². The van der Waals surface area contributed by atoms with Crippen LogP contribution in [0.15, 0.2) is 71.2 Å². The zero-order valence-corrected chi connectivity index (χ0v) is 21.2. The summed E-state index contributed by atoms with van der Waals surface area (Å²) < 4.78 is 19.3. The van der Waals surface area contributed by atoms with Gasteiger partial charge < -0.3 is 10.5 Å². The molecule has 0 radical (unpaired) electrons. The van der Waals surface area contributed by atoms with Gasteiger partial charge in [0.25, 0.3) is 0 Å². The van der Waals surface area contributed by atoms with Crippen molar-refractivity contribution in [3.8, 4) is 0 Å². The summed E-state index contributed by atoms with van der Waals surface area (Å²) in [5.74, 6) is -0.341. The second kappa shape index (κ2) is 11.6. The number of nitrogens with one attached hydrogen (secondary N) is 1. The molecule has 3 aromatic rings. The molecule has 0 bridgehead atoms. The molecule has 34 heavy (non-hydrogen) atoms. The number of carbonyl (C=O) groups is 1. The Kier molecular flexibility index (Phi) is 8.83. The molecule has 0 aliphatic carbocycles. The van der Waals surface area contributed by atoms with Crippen LogP contribution in [0.1, 0.15) is 35.2 Å². The van der Waals surface area contributed by atoms with Gasteiger partial charge in [0.2, 0.25) is 5.90 Å². The Morgan fingerprint density at radius 3 is 2.50 bits per heavy atom. The minimum Gasteiger partial charge on any atom is -0.391 e. The summed E-state index contributed by atoms with van der Waals surface area (Å²) in [5.41, 5.74) is 8.38. The van der Waals surface area contributed by atoms with Crippen LogP contribution < -0.4 is 5.73 Å². The van der Waals surface area contributed by atoms with E-state index < -0.39 is 6.09 Å². The lowest BCUT2D eigenvalue weighted by molar-refractivity contribution is 0.207. The van der Waals surface area contributed by atoms with Crippen molar-refractivity contribution < 1.29 is 13.9 Å². The first-order valence-corrected chi connectivity index (χ1v) is 11.9. The maximum atomic E-state index is 13.8. The summed E-state index contributed by atoms with van der Waals surface area (Å²) >= 11 is 9.48. The molecule has 5 nitrogen and oxygen atoms in total. The number of carbonyl (C=O) groups excluding carboxylic acids is 1. The number of halogens is 3. The standard InChI is InChI=1S/C26H26BrClFN3O2/c1-16(10-17-11-21(27)14-23(29)12-17)15-32(2)24(18-6-8-22(28)9-7-18)19-4-3-5-20(13-19)25(30)34-26(31)33/h3-9,11-14,16,24,30H,10,15H2,1-2H3,(H2,31,33). The van der Waals surface area contributed by atoms with Crippen LogP contribution in [0, 0.1) is 17.1 Å². The van der Waals surface area contributed by atoms with Crippen molar-refractivity contribution in [1.82, 2.24) is 4.90 Å². The zero-order valence-electron chi connectivity index (χ0n) is 18.9. The molecule has 178 valence electrons. The number of hydrogen-bond donors (Lipinski definition) is 2. The predicted molar refractivity (Wildman–Crippen MR) is 137 cm³/mol. The Bertz CT molecular complexity index is 1150. The molecule has 8 heteroatoms. The topological polar surface area (TPSA) is 79.4 Å². The molecule has 2 unspecified atom stereocenters. The van der Waals surface area contributed by atoms with Gasteiger partial charge in [0, 0.05) is 21.6 Å². The Morgan fingerprint density at radius 2 is 1.85 bits per heavy atom. The van der Waals surface area contributed by atoms with E-state index in [1.807, 2.05) is 55.6 Å². The predicted octanol–water partition coefficient (Wildman–Crippen LogP) is 6.56. The number of benzene rings is 3. The fraction of sp³-hybridized carbons (Fsp3) is 0.231. The van der Waals surface area contributed by atoms with Crippen LogP contribution in [0.4, 0.5) is 9.18 Å². The quantitative estimate of drug-likeness (QED) is 0.248. The number of ether oxygens (including phenoxy) is 1. The highest BCUT2D eigenvalue weighted by Gasteiger charge is 2.22. The van der Waals surface area contributed by atoms with Crippen LogP contribution in [0.2, 0.25) is 5.02 Å². The summed E-state index contributed by atoms with van der Waals surface area (Å²) in [6, 6.07) is 19.7. The summed E-state index contributed by atoms with van der Waals surface area (Å²) in [5, 5.41) is 8.66. The first kappa shape index (κ1) is 25.9. The molecule has 1 amide bonds. The molecular formula is C26H26BrClFN3O2. The van der Waals surface area contributed by atoms with Gasteiger partial charge in [0.1, 0.15) is 5.82 Å². The third-order valence-corrected chi connectivity index (χ3v) is 6.11. The normalized spacial score (nSPS) is 12.9.